The highest BCUT2D eigenvalue weighted by atomic mass is 16.2. The molecule has 4 heteroatoms. The van der Waals surface area contributed by atoms with Crippen LogP contribution in [0, 0.1) is 5.92 Å². The van der Waals surface area contributed by atoms with Gasteiger partial charge < -0.3 is 0 Å². The highest BCUT2D eigenvalue weighted by Crippen LogP contribution is 2.29. The van der Waals surface area contributed by atoms with Gasteiger partial charge in [0, 0.05) is 12.7 Å². The molecule has 0 radical (unpaired) electrons. The van der Waals surface area contributed by atoms with E-state index in [0.29, 0.717) is 5.92 Å². The van der Waals surface area contributed by atoms with Crippen molar-refractivity contribution < 1.29 is 0 Å². The Balaban J connectivity index is 2.14. The van der Waals surface area contributed by atoms with Crippen LogP contribution < -0.4 is 5.69 Å². The van der Waals surface area contributed by atoms with Gasteiger partial charge in [0.05, 0.1) is 0 Å². The highest BCUT2D eigenvalue weighted by molar-refractivity contribution is 5.35. The lowest BCUT2D eigenvalue weighted by Crippen LogP contribution is -2.21. The van der Waals surface area contributed by atoms with E-state index in [2.05, 4.69) is 5.10 Å². The van der Waals surface area contributed by atoms with Crippen LogP contribution in [0.1, 0.15) is 12.8 Å². The maximum atomic E-state index is 11.8. The van der Waals surface area contributed by atoms with Crippen LogP contribution in [0.2, 0.25) is 0 Å². The summed E-state index contributed by atoms with van der Waals surface area (Å²) in [6, 6.07) is 5.59. The fraction of sp³-hybridized carbons (Fsp3) is 0.400. The summed E-state index contributed by atoms with van der Waals surface area (Å²) in [6.45, 7) is 0.778. The Morgan fingerprint density at radius 2 is 2.29 bits per heavy atom. The maximum Gasteiger partial charge on any atom is 0.350 e. The van der Waals surface area contributed by atoms with Crippen molar-refractivity contribution in [2.75, 3.05) is 0 Å². The van der Waals surface area contributed by atoms with Gasteiger partial charge in [0.2, 0.25) is 0 Å². The van der Waals surface area contributed by atoms with Gasteiger partial charge in [-0.3, -0.25) is 4.40 Å². The van der Waals surface area contributed by atoms with Crippen molar-refractivity contribution in [2.45, 2.75) is 19.4 Å². The number of hydrogen-bond donors (Lipinski definition) is 0. The molecule has 1 aliphatic carbocycles. The van der Waals surface area contributed by atoms with E-state index >= 15 is 0 Å². The zero-order chi connectivity index (χ0) is 9.54. The van der Waals surface area contributed by atoms with E-state index in [9.17, 15) is 4.79 Å². The van der Waals surface area contributed by atoms with E-state index in [0.717, 1.165) is 12.2 Å². The molecule has 0 aliphatic heterocycles. The molecule has 2 heterocycles. The lowest BCUT2D eigenvalue weighted by Gasteiger charge is -1.93. The van der Waals surface area contributed by atoms with Crippen molar-refractivity contribution >= 4 is 5.65 Å². The van der Waals surface area contributed by atoms with E-state index in [-0.39, 0.29) is 5.69 Å². The van der Waals surface area contributed by atoms with Gasteiger partial charge in [0.1, 0.15) is 0 Å². The molecule has 14 heavy (non-hydrogen) atoms. The largest absolute Gasteiger partial charge is 0.350 e. The van der Waals surface area contributed by atoms with Crippen LogP contribution in [0.5, 0.6) is 0 Å². The Kier molecular flexibility index (Phi) is 1.50. The van der Waals surface area contributed by atoms with Crippen LogP contribution in [0.4, 0.5) is 0 Å². The second-order valence-electron chi connectivity index (χ2n) is 3.84. The van der Waals surface area contributed by atoms with Gasteiger partial charge in [-0.25, -0.2) is 9.48 Å². The van der Waals surface area contributed by atoms with Gasteiger partial charge in [0.15, 0.2) is 5.65 Å². The van der Waals surface area contributed by atoms with Crippen LogP contribution in [0.3, 0.4) is 0 Å². The Labute approximate surface area is 80.8 Å². The molecule has 1 fully saturated rings. The Morgan fingerprint density at radius 1 is 1.43 bits per heavy atom. The molecular weight excluding hydrogens is 178 g/mol. The monoisotopic (exact) mass is 189 g/mol. The lowest BCUT2D eigenvalue weighted by atomic mass is 10.4. The summed E-state index contributed by atoms with van der Waals surface area (Å²) in [5.74, 6) is 0.678. The Morgan fingerprint density at radius 3 is 3.00 bits per heavy atom. The Bertz CT molecular complexity index is 521. The van der Waals surface area contributed by atoms with Crippen molar-refractivity contribution in [3.63, 3.8) is 0 Å². The first-order chi connectivity index (χ1) is 6.84. The minimum absolute atomic E-state index is 0.0208. The molecule has 1 aliphatic rings. The fourth-order valence-electron chi connectivity index (χ4n) is 1.63. The third-order valence-electron chi connectivity index (χ3n) is 2.62. The molecule has 0 amide bonds. The summed E-state index contributed by atoms with van der Waals surface area (Å²) in [5, 5.41) is 4.26. The molecule has 72 valence electrons. The van der Waals surface area contributed by atoms with Crippen molar-refractivity contribution in [1.82, 2.24) is 14.2 Å². The molecule has 0 aromatic carbocycles. The summed E-state index contributed by atoms with van der Waals surface area (Å²) in [6.07, 6.45) is 4.23. The van der Waals surface area contributed by atoms with Gasteiger partial charge in [-0.05, 0) is 30.9 Å². The topological polar surface area (TPSA) is 39.3 Å². The standard InChI is InChI=1S/C10H11N3O/c14-10-12-6-2-1-3-9(12)11-13(10)7-8-4-5-8/h1-3,6,8H,4-5,7H2. The van der Waals surface area contributed by atoms with Crippen LogP contribution in [-0.4, -0.2) is 14.2 Å². The summed E-state index contributed by atoms with van der Waals surface area (Å²) < 4.78 is 3.16. The zero-order valence-corrected chi connectivity index (χ0v) is 7.76. The van der Waals surface area contributed by atoms with E-state index in [1.54, 1.807) is 15.3 Å². The SMILES string of the molecule is O=c1n(CC2CC2)nc2ccccn12. The third kappa shape index (κ3) is 1.14. The predicted molar refractivity (Wildman–Crippen MR) is 52.2 cm³/mol. The molecule has 0 bridgehead atoms. The molecule has 4 nitrogen and oxygen atoms in total. The number of fused-ring (bicyclic) bond motifs is 1. The Hall–Kier alpha value is -1.58. The summed E-state index contributed by atoms with van der Waals surface area (Å²) >= 11 is 0. The minimum Gasteiger partial charge on any atom is -0.250 e. The average molecular weight is 189 g/mol. The van der Waals surface area contributed by atoms with Gasteiger partial charge in [-0.2, -0.15) is 0 Å². The average Bonchev–Trinajstić information content (AvgIpc) is 2.95. The second-order valence-corrected chi connectivity index (χ2v) is 3.84. The van der Waals surface area contributed by atoms with Gasteiger partial charge >= 0.3 is 5.69 Å². The third-order valence-corrected chi connectivity index (χ3v) is 2.62. The number of aromatic nitrogens is 3. The zero-order valence-electron chi connectivity index (χ0n) is 7.76. The molecule has 0 N–H and O–H groups in total. The van der Waals surface area contributed by atoms with E-state index < -0.39 is 0 Å². The molecule has 3 rings (SSSR count). The molecule has 0 atom stereocenters. The first-order valence-corrected chi connectivity index (χ1v) is 4.89. The molecule has 2 aromatic heterocycles. The van der Waals surface area contributed by atoms with Crippen LogP contribution in [0.15, 0.2) is 29.2 Å². The first-order valence-electron chi connectivity index (χ1n) is 4.89. The van der Waals surface area contributed by atoms with Crippen molar-refractivity contribution in [3.8, 4) is 0 Å². The van der Waals surface area contributed by atoms with E-state index in [1.165, 1.54) is 12.8 Å². The quantitative estimate of drug-likeness (QED) is 0.704. The number of hydrogen-bond acceptors (Lipinski definition) is 2. The first kappa shape index (κ1) is 7.79. The van der Waals surface area contributed by atoms with Crippen LogP contribution >= 0.6 is 0 Å². The smallest absolute Gasteiger partial charge is 0.250 e. The molecule has 2 aromatic rings. The van der Waals surface area contributed by atoms with E-state index in [1.807, 2.05) is 18.2 Å². The second kappa shape index (κ2) is 2.70. The van der Waals surface area contributed by atoms with Gasteiger partial charge in [0.25, 0.3) is 0 Å². The van der Waals surface area contributed by atoms with Crippen molar-refractivity contribution in [3.05, 3.63) is 34.9 Å². The molecule has 0 saturated heterocycles. The van der Waals surface area contributed by atoms with Crippen LogP contribution in [-0.2, 0) is 6.54 Å². The molecular formula is C10H11N3O. The molecule has 1 saturated carbocycles. The maximum absolute atomic E-state index is 11.8. The molecule has 0 unspecified atom stereocenters. The van der Waals surface area contributed by atoms with Gasteiger partial charge in [-0.15, -0.1) is 5.10 Å². The van der Waals surface area contributed by atoms with E-state index in [4.69, 9.17) is 0 Å². The van der Waals surface area contributed by atoms with Gasteiger partial charge in [-0.1, -0.05) is 6.07 Å². The highest BCUT2D eigenvalue weighted by Gasteiger charge is 2.23. The normalized spacial score (nSPS) is 16.3. The summed E-state index contributed by atoms with van der Waals surface area (Å²) in [5.41, 5.74) is 0.714. The number of rotatable bonds is 2. The molecule has 0 spiro atoms. The minimum atomic E-state index is -0.0208. The number of pyridine rings is 1. The van der Waals surface area contributed by atoms with Crippen LogP contribution in [0.25, 0.3) is 5.65 Å². The van der Waals surface area contributed by atoms with Crippen molar-refractivity contribution in [1.29, 1.82) is 0 Å². The number of nitrogens with zero attached hydrogens (tertiary/aromatic N) is 3. The summed E-state index contributed by atoms with van der Waals surface area (Å²) in [7, 11) is 0. The van der Waals surface area contributed by atoms with Crippen molar-refractivity contribution in [2.24, 2.45) is 5.92 Å². The lowest BCUT2D eigenvalue weighted by molar-refractivity contribution is 0.545. The predicted octanol–water partition coefficient (Wildman–Crippen LogP) is 0.906. The summed E-state index contributed by atoms with van der Waals surface area (Å²) in [4.78, 5) is 11.8. The fourth-order valence-corrected chi connectivity index (χ4v) is 1.63.